The van der Waals surface area contributed by atoms with Gasteiger partial charge in [0.05, 0.1) is 0 Å². The van der Waals surface area contributed by atoms with Crippen molar-refractivity contribution >= 4 is 34.2 Å². The summed E-state index contributed by atoms with van der Waals surface area (Å²) in [7, 11) is 0. The first-order chi connectivity index (χ1) is 8.65. The molecule has 0 bridgehead atoms. The maximum Gasteiger partial charge on any atom is 0.257 e. The van der Waals surface area contributed by atoms with Crippen molar-refractivity contribution in [3.05, 3.63) is 36.2 Å². The van der Waals surface area contributed by atoms with E-state index in [4.69, 9.17) is 0 Å². The normalized spacial score (nSPS) is 9.83. The molecule has 6 nitrogen and oxygen atoms in total. The van der Waals surface area contributed by atoms with Gasteiger partial charge in [-0.2, -0.15) is 4.37 Å². The number of aromatic nitrogens is 2. The Morgan fingerprint density at radius 1 is 1.28 bits per heavy atom. The Labute approximate surface area is 107 Å². The highest BCUT2D eigenvalue weighted by Crippen LogP contribution is 2.13. The third-order valence-electron chi connectivity index (χ3n) is 2.03. The zero-order valence-corrected chi connectivity index (χ0v) is 10.3. The van der Waals surface area contributed by atoms with E-state index in [1.54, 1.807) is 24.3 Å². The molecule has 0 aliphatic carbocycles. The smallest absolute Gasteiger partial charge is 0.257 e. The van der Waals surface area contributed by atoms with Gasteiger partial charge in [-0.3, -0.25) is 14.9 Å². The Morgan fingerprint density at radius 2 is 2.11 bits per heavy atom. The van der Waals surface area contributed by atoms with Crippen LogP contribution in [0.1, 0.15) is 17.3 Å². The molecule has 18 heavy (non-hydrogen) atoms. The number of anilines is 2. The Bertz CT molecular complexity index is 568. The standard InChI is InChI=1S/C11H10N4O2S/c1-7(16)14-9-4-2-3-8(5-9)10(17)15-11-12-6-13-18-11/h2-6H,1H3,(H,14,16)(H,12,13,15,17). The summed E-state index contributed by atoms with van der Waals surface area (Å²) in [5, 5.41) is 5.66. The Balaban J connectivity index is 2.12. The third kappa shape index (κ3) is 3.11. The van der Waals surface area contributed by atoms with Crippen molar-refractivity contribution in [3.8, 4) is 0 Å². The maximum absolute atomic E-state index is 11.9. The molecule has 0 saturated carbocycles. The molecule has 0 aliphatic rings. The van der Waals surface area contributed by atoms with Gasteiger partial charge in [0.15, 0.2) is 0 Å². The quantitative estimate of drug-likeness (QED) is 0.882. The number of carbonyl (C=O) groups excluding carboxylic acids is 2. The number of hydrogen-bond donors (Lipinski definition) is 2. The van der Waals surface area contributed by atoms with Crippen LogP contribution in [0.3, 0.4) is 0 Å². The molecule has 0 radical (unpaired) electrons. The minimum Gasteiger partial charge on any atom is -0.326 e. The van der Waals surface area contributed by atoms with E-state index in [1.165, 1.54) is 13.3 Å². The van der Waals surface area contributed by atoms with Crippen LogP contribution in [0, 0.1) is 0 Å². The second-order valence-electron chi connectivity index (χ2n) is 3.46. The summed E-state index contributed by atoms with van der Waals surface area (Å²) in [4.78, 5) is 26.6. The van der Waals surface area contributed by atoms with Gasteiger partial charge in [0.1, 0.15) is 6.33 Å². The number of hydrogen-bond acceptors (Lipinski definition) is 5. The van der Waals surface area contributed by atoms with Gasteiger partial charge in [-0.05, 0) is 18.2 Å². The lowest BCUT2D eigenvalue weighted by atomic mass is 10.2. The molecule has 0 saturated heterocycles. The molecule has 0 spiro atoms. The third-order valence-corrected chi connectivity index (χ3v) is 2.61. The molecule has 1 aromatic heterocycles. The molecule has 0 unspecified atom stereocenters. The van der Waals surface area contributed by atoms with Crippen molar-refractivity contribution in [3.63, 3.8) is 0 Å². The lowest BCUT2D eigenvalue weighted by Gasteiger charge is -2.05. The summed E-state index contributed by atoms with van der Waals surface area (Å²) >= 11 is 1.10. The molecule has 1 aromatic carbocycles. The molecule has 2 rings (SSSR count). The minimum absolute atomic E-state index is 0.184. The fourth-order valence-electron chi connectivity index (χ4n) is 1.34. The van der Waals surface area contributed by atoms with Crippen LogP contribution in [0.4, 0.5) is 10.8 Å². The van der Waals surface area contributed by atoms with Gasteiger partial charge in [0.2, 0.25) is 11.0 Å². The van der Waals surface area contributed by atoms with Gasteiger partial charge in [-0.15, -0.1) is 0 Å². The molecular weight excluding hydrogens is 252 g/mol. The summed E-state index contributed by atoms with van der Waals surface area (Å²) in [6.45, 7) is 1.41. The van der Waals surface area contributed by atoms with Crippen LogP contribution in [0.15, 0.2) is 30.6 Å². The largest absolute Gasteiger partial charge is 0.326 e. The van der Waals surface area contributed by atoms with Gasteiger partial charge >= 0.3 is 0 Å². The molecule has 2 aromatic rings. The van der Waals surface area contributed by atoms with Crippen LogP contribution in [-0.4, -0.2) is 21.2 Å². The van der Waals surface area contributed by atoms with E-state index in [1.807, 2.05) is 0 Å². The van der Waals surface area contributed by atoms with E-state index in [0.29, 0.717) is 16.4 Å². The second-order valence-corrected chi connectivity index (χ2v) is 4.24. The van der Waals surface area contributed by atoms with Gasteiger partial charge in [0.25, 0.3) is 5.91 Å². The molecule has 2 amide bonds. The molecule has 0 aliphatic heterocycles. The topological polar surface area (TPSA) is 84.0 Å². The number of carbonyl (C=O) groups is 2. The van der Waals surface area contributed by atoms with Gasteiger partial charge < -0.3 is 5.32 Å². The summed E-state index contributed by atoms with van der Waals surface area (Å²) in [5.41, 5.74) is 1.02. The number of rotatable bonds is 3. The van der Waals surface area contributed by atoms with E-state index < -0.39 is 0 Å². The average Bonchev–Trinajstić information content (AvgIpc) is 2.81. The fourth-order valence-corrected chi connectivity index (χ4v) is 1.77. The SMILES string of the molecule is CC(=O)Nc1cccc(C(=O)Nc2ncns2)c1. The number of nitrogens with zero attached hydrogens (tertiary/aromatic N) is 2. The van der Waals surface area contributed by atoms with Crippen molar-refractivity contribution < 1.29 is 9.59 Å². The lowest BCUT2D eigenvalue weighted by molar-refractivity contribution is -0.114. The predicted octanol–water partition coefficient (Wildman–Crippen LogP) is 1.75. The Morgan fingerprint density at radius 3 is 2.78 bits per heavy atom. The average molecular weight is 262 g/mol. The minimum atomic E-state index is -0.293. The Hall–Kier alpha value is -2.28. The lowest BCUT2D eigenvalue weighted by Crippen LogP contribution is -2.12. The van der Waals surface area contributed by atoms with E-state index in [0.717, 1.165) is 11.5 Å². The summed E-state index contributed by atoms with van der Waals surface area (Å²) in [6, 6.07) is 6.66. The van der Waals surface area contributed by atoms with Crippen molar-refractivity contribution in [1.29, 1.82) is 0 Å². The highest BCUT2D eigenvalue weighted by atomic mass is 32.1. The summed E-state index contributed by atoms with van der Waals surface area (Å²) < 4.78 is 3.78. The van der Waals surface area contributed by atoms with Gasteiger partial charge in [-0.1, -0.05) is 6.07 Å². The van der Waals surface area contributed by atoms with Crippen LogP contribution in [0.5, 0.6) is 0 Å². The van der Waals surface area contributed by atoms with Crippen LogP contribution in [0.25, 0.3) is 0 Å². The zero-order chi connectivity index (χ0) is 13.0. The fraction of sp³-hybridized carbons (Fsp3) is 0.0909. The molecule has 0 atom stereocenters. The molecule has 92 valence electrons. The monoisotopic (exact) mass is 262 g/mol. The molecule has 0 fully saturated rings. The molecular formula is C11H10N4O2S. The number of amides is 2. The van der Waals surface area contributed by atoms with E-state index in [2.05, 4.69) is 20.0 Å². The molecule has 2 N–H and O–H groups in total. The van der Waals surface area contributed by atoms with Crippen LogP contribution in [-0.2, 0) is 4.79 Å². The zero-order valence-electron chi connectivity index (χ0n) is 9.51. The van der Waals surface area contributed by atoms with Crippen molar-refractivity contribution in [2.24, 2.45) is 0 Å². The van der Waals surface area contributed by atoms with Crippen molar-refractivity contribution in [1.82, 2.24) is 9.36 Å². The van der Waals surface area contributed by atoms with E-state index in [9.17, 15) is 9.59 Å². The first-order valence-electron chi connectivity index (χ1n) is 5.11. The highest BCUT2D eigenvalue weighted by Gasteiger charge is 2.08. The molecule has 7 heteroatoms. The first-order valence-corrected chi connectivity index (χ1v) is 5.88. The van der Waals surface area contributed by atoms with E-state index >= 15 is 0 Å². The highest BCUT2D eigenvalue weighted by molar-refractivity contribution is 7.09. The molecule has 1 heterocycles. The summed E-state index contributed by atoms with van der Waals surface area (Å²) in [5.74, 6) is -0.476. The van der Waals surface area contributed by atoms with Gasteiger partial charge in [0, 0.05) is 29.7 Å². The van der Waals surface area contributed by atoms with E-state index in [-0.39, 0.29) is 11.8 Å². The number of nitrogens with one attached hydrogen (secondary N) is 2. The van der Waals surface area contributed by atoms with Crippen LogP contribution in [0.2, 0.25) is 0 Å². The predicted molar refractivity (Wildman–Crippen MR) is 68.6 cm³/mol. The maximum atomic E-state index is 11.9. The Kier molecular flexibility index (Phi) is 3.63. The second kappa shape index (κ2) is 5.37. The first kappa shape index (κ1) is 12.2. The summed E-state index contributed by atoms with van der Waals surface area (Å²) in [6.07, 6.45) is 1.37. The van der Waals surface area contributed by atoms with Crippen LogP contribution < -0.4 is 10.6 Å². The van der Waals surface area contributed by atoms with Crippen LogP contribution >= 0.6 is 11.5 Å². The van der Waals surface area contributed by atoms with Crippen molar-refractivity contribution in [2.75, 3.05) is 10.6 Å². The van der Waals surface area contributed by atoms with Gasteiger partial charge in [-0.25, -0.2) is 4.98 Å². The number of benzene rings is 1. The van der Waals surface area contributed by atoms with Crippen molar-refractivity contribution in [2.45, 2.75) is 6.92 Å².